The van der Waals surface area contributed by atoms with Gasteiger partial charge in [0.05, 0.1) is 11.4 Å². The summed E-state index contributed by atoms with van der Waals surface area (Å²) in [4.78, 5) is 21.0. The number of hydrogen-bond acceptors (Lipinski definition) is 4. The predicted molar refractivity (Wildman–Crippen MR) is 65.1 cm³/mol. The summed E-state index contributed by atoms with van der Waals surface area (Å²) in [5.74, 6) is -0.237. The number of fused-ring (bicyclic) bond motifs is 1. The molecule has 0 unspecified atom stereocenters. The van der Waals surface area contributed by atoms with Crippen molar-refractivity contribution in [2.24, 2.45) is 11.7 Å². The third-order valence-corrected chi connectivity index (χ3v) is 2.92. The van der Waals surface area contributed by atoms with Crippen LogP contribution in [0, 0.1) is 11.3 Å². The van der Waals surface area contributed by atoms with Crippen LogP contribution in [0.2, 0.25) is 0 Å². The number of hydrogen-bond donors (Lipinski definition) is 2. The van der Waals surface area contributed by atoms with Crippen LogP contribution < -0.4 is 10.6 Å². The summed E-state index contributed by atoms with van der Waals surface area (Å²) in [5.41, 5.74) is 7.34. The molecule has 1 saturated carbocycles. The molecule has 0 spiro atoms. The van der Waals surface area contributed by atoms with Crippen LogP contribution in [-0.2, 0) is 4.79 Å². The molecule has 1 fully saturated rings. The highest BCUT2D eigenvalue weighted by Gasteiger charge is 2.32. The number of nitrogens with one attached hydrogen (secondary N) is 1. The molecule has 1 aromatic heterocycles. The number of carbonyl (C=O) groups excluding carboxylic acids is 1. The Kier molecular flexibility index (Phi) is 2.29. The lowest BCUT2D eigenvalue weighted by Gasteiger charge is -2.05. The van der Waals surface area contributed by atoms with Gasteiger partial charge < -0.3 is 10.6 Å². The molecule has 1 aliphatic rings. The summed E-state index contributed by atoms with van der Waals surface area (Å²) in [7, 11) is 0. The smallest absolute Gasteiger partial charge is 0.336 e. The largest absolute Gasteiger partial charge is 0.384 e. The maximum Gasteiger partial charge on any atom is 0.336 e. The number of nitrogen functional groups attached to an aromatic ring is 1. The molecule has 3 N–H and O–H groups in total. The Hall–Kier alpha value is -2.37. The second-order valence-corrected chi connectivity index (χ2v) is 4.37. The van der Waals surface area contributed by atoms with Crippen LogP contribution in [0.3, 0.4) is 0 Å². The molecular weight excluding hydrogens is 232 g/mol. The van der Waals surface area contributed by atoms with E-state index in [0.717, 1.165) is 12.8 Å². The highest BCUT2D eigenvalue weighted by atomic mass is 16.7. The van der Waals surface area contributed by atoms with Crippen molar-refractivity contribution in [3.05, 3.63) is 30.1 Å². The maximum atomic E-state index is 11.6. The van der Waals surface area contributed by atoms with Gasteiger partial charge in [0.25, 0.3) is 0 Å². The molecule has 6 nitrogen and oxygen atoms in total. The number of rotatable bonds is 3. The summed E-state index contributed by atoms with van der Waals surface area (Å²) in [5, 5.41) is 7.39. The maximum absolute atomic E-state index is 11.6. The second-order valence-electron chi connectivity index (χ2n) is 4.37. The van der Waals surface area contributed by atoms with E-state index in [1.165, 1.54) is 11.1 Å². The van der Waals surface area contributed by atoms with Crippen LogP contribution in [0.4, 0.5) is 0 Å². The quantitative estimate of drug-likeness (QED) is 0.613. The van der Waals surface area contributed by atoms with Crippen LogP contribution >= 0.6 is 0 Å². The number of amidine groups is 1. The van der Waals surface area contributed by atoms with E-state index in [1.807, 2.05) is 0 Å². The number of benzene rings is 1. The van der Waals surface area contributed by atoms with Crippen LogP contribution in [-0.4, -0.2) is 21.5 Å². The van der Waals surface area contributed by atoms with Crippen molar-refractivity contribution in [2.75, 3.05) is 0 Å². The first-order valence-corrected chi connectivity index (χ1v) is 5.69. The Morgan fingerprint density at radius 1 is 1.50 bits per heavy atom. The lowest BCUT2D eigenvalue weighted by molar-refractivity contribution is -0.145. The molecule has 3 rings (SSSR count). The summed E-state index contributed by atoms with van der Waals surface area (Å²) in [6.07, 6.45) is 3.24. The molecule has 1 aliphatic carbocycles. The van der Waals surface area contributed by atoms with Crippen molar-refractivity contribution in [1.82, 2.24) is 9.71 Å². The number of imidazole rings is 1. The zero-order valence-electron chi connectivity index (χ0n) is 9.59. The molecule has 0 aliphatic heterocycles. The van der Waals surface area contributed by atoms with Crippen molar-refractivity contribution in [3.63, 3.8) is 0 Å². The van der Waals surface area contributed by atoms with E-state index >= 15 is 0 Å². The van der Waals surface area contributed by atoms with Gasteiger partial charge in [0.2, 0.25) is 0 Å². The topological polar surface area (TPSA) is 94.0 Å². The molecular formula is C12H12N4O2. The Morgan fingerprint density at radius 2 is 2.28 bits per heavy atom. The van der Waals surface area contributed by atoms with Gasteiger partial charge in [0.1, 0.15) is 17.7 Å². The third-order valence-electron chi connectivity index (χ3n) is 2.92. The van der Waals surface area contributed by atoms with Crippen molar-refractivity contribution < 1.29 is 9.63 Å². The monoisotopic (exact) mass is 244 g/mol. The molecule has 18 heavy (non-hydrogen) atoms. The van der Waals surface area contributed by atoms with Crippen LogP contribution in [0.25, 0.3) is 11.0 Å². The molecule has 1 heterocycles. The van der Waals surface area contributed by atoms with Crippen molar-refractivity contribution in [3.8, 4) is 0 Å². The zero-order valence-corrected chi connectivity index (χ0v) is 9.59. The molecule has 0 amide bonds. The number of aromatic nitrogens is 2. The fourth-order valence-corrected chi connectivity index (χ4v) is 1.72. The van der Waals surface area contributed by atoms with Gasteiger partial charge in [-0.05, 0) is 31.0 Å². The van der Waals surface area contributed by atoms with E-state index in [4.69, 9.17) is 16.0 Å². The van der Waals surface area contributed by atoms with Gasteiger partial charge in [-0.1, -0.05) is 0 Å². The van der Waals surface area contributed by atoms with Gasteiger partial charge in [-0.2, -0.15) is 4.73 Å². The van der Waals surface area contributed by atoms with E-state index < -0.39 is 0 Å². The van der Waals surface area contributed by atoms with E-state index in [2.05, 4.69) is 4.98 Å². The average Bonchev–Trinajstić information content (AvgIpc) is 3.13. The normalized spacial score (nSPS) is 14.7. The van der Waals surface area contributed by atoms with Crippen molar-refractivity contribution >= 4 is 22.8 Å². The molecule has 2 aromatic rings. The fraction of sp³-hybridized carbons (Fsp3) is 0.250. The highest BCUT2D eigenvalue weighted by Crippen LogP contribution is 2.29. The summed E-state index contributed by atoms with van der Waals surface area (Å²) in [6.45, 7) is 0. The minimum atomic E-state index is -0.234. The number of nitrogens with zero attached hydrogens (tertiary/aromatic N) is 2. The molecule has 6 heteroatoms. The lowest BCUT2D eigenvalue weighted by Crippen LogP contribution is -2.20. The SMILES string of the molecule is N=C(N)c1ccc2ncn(OC(=O)C3CC3)c2c1. The summed E-state index contributed by atoms with van der Waals surface area (Å²) < 4.78 is 1.34. The minimum Gasteiger partial charge on any atom is -0.384 e. The van der Waals surface area contributed by atoms with Gasteiger partial charge >= 0.3 is 5.97 Å². The first kappa shape index (κ1) is 10.8. The first-order valence-electron chi connectivity index (χ1n) is 5.69. The Bertz CT molecular complexity index is 643. The van der Waals surface area contributed by atoms with Gasteiger partial charge in [-0.15, -0.1) is 0 Å². The van der Waals surface area contributed by atoms with Crippen LogP contribution in [0.1, 0.15) is 18.4 Å². The molecule has 0 atom stereocenters. The molecule has 0 bridgehead atoms. The lowest BCUT2D eigenvalue weighted by atomic mass is 10.2. The minimum absolute atomic E-state index is 0.0263. The van der Waals surface area contributed by atoms with Gasteiger partial charge in [-0.25, -0.2) is 9.78 Å². The average molecular weight is 244 g/mol. The zero-order chi connectivity index (χ0) is 12.7. The fourth-order valence-electron chi connectivity index (χ4n) is 1.72. The van der Waals surface area contributed by atoms with Gasteiger partial charge in [0.15, 0.2) is 0 Å². The Labute approximate surface area is 103 Å². The van der Waals surface area contributed by atoms with Crippen LogP contribution in [0.5, 0.6) is 0 Å². The van der Waals surface area contributed by atoms with Gasteiger partial charge in [-0.3, -0.25) is 5.41 Å². The first-order chi connectivity index (χ1) is 8.65. The van der Waals surface area contributed by atoms with E-state index in [-0.39, 0.29) is 17.7 Å². The predicted octanol–water partition coefficient (Wildman–Crippen LogP) is 0.686. The van der Waals surface area contributed by atoms with Crippen LogP contribution in [0.15, 0.2) is 24.5 Å². The number of nitrogens with two attached hydrogens (primary N) is 1. The summed E-state index contributed by atoms with van der Waals surface area (Å²) in [6, 6.07) is 5.14. The summed E-state index contributed by atoms with van der Waals surface area (Å²) >= 11 is 0. The number of carbonyl (C=O) groups is 1. The molecule has 1 aromatic carbocycles. The van der Waals surface area contributed by atoms with E-state index in [9.17, 15) is 4.79 Å². The molecule has 0 saturated heterocycles. The van der Waals surface area contributed by atoms with Crippen molar-refractivity contribution in [1.29, 1.82) is 5.41 Å². The van der Waals surface area contributed by atoms with E-state index in [1.54, 1.807) is 18.2 Å². The third kappa shape index (κ3) is 1.81. The molecule has 0 radical (unpaired) electrons. The molecule has 92 valence electrons. The van der Waals surface area contributed by atoms with Crippen molar-refractivity contribution in [2.45, 2.75) is 12.8 Å². The Morgan fingerprint density at radius 3 is 2.94 bits per heavy atom. The standard InChI is InChI=1S/C12H12N4O2/c13-11(14)8-3-4-9-10(5-8)16(6-15-9)18-12(17)7-1-2-7/h3-7H,1-2H2,(H3,13,14). The highest BCUT2D eigenvalue weighted by molar-refractivity contribution is 5.98. The van der Waals surface area contributed by atoms with E-state index in [0.29, 0.717) is 16.6 Å². The Balaban J connectivity index is 1.97. The van der Waals surface area contributed by atoms with Gasteiger partial charge in [0, 0.05) is 5.56 Å². The second kappa shape index (κ2) is 3.83.